The molecule has 0 bridgehead atoms. The van der Waals surface area contributed by atoms with Gasteiger partial charge in [-0.3, -0.25) is 0 Å². The minimum atomic E-state index is 0. The zero-order chi connectivity index (χ0) is 6.69. The SMILES string of the molecule is COc1ccc(Cl)cc1.Cl. The first-order valence-electron chi connectivity index (χ1n) is 2.62. The molecule has 0 amide bonds. The van der Waals surface area contributed by atoms with Crippen LogP contribution in [0, 0.1) is 0 Å². The predicted molar refractivity (Wildman–Crippen MR) is 45.3 cm³/mol. The highest BCUT2D eigenvalue weighted by Gasteiger charge is 1.87. The molecule has 1 aromatic rings. The first kappa shape index (κ1) is 9.60. The standard InChI is InChI=1S/C7H7ClO.ClH/c1-9-7-4-2-6(8)3-5-7;/h2-5H,1H3;1H. The Labute approximate surface area is 71.4 Å². The van der Waals surface area contributed by atoms with Gasteiger partial charge < -0.3 is 4.74 Å². The summed E-state index contributed by atoms with van der Waals surface area (Å²) in [7, 11) is 1.63. The van der Waals surface area contributed by atoms with Crippen molar-refractivity contribution in [3.8, 4) is 5.75 Å². The van der Waals surface area contributed by atoms with E-state index < -0.39 is 0 Å². The van der Waals surface area contributed by atoms with Crippen LogP contribution in [0.5, 0.6) is 5.75 Å². The van der Waals surface area contributed by atoms with Crippen molar-refractivity contribution in [3.63, 3.8) is 0 Å². The summed E-state index contributed by atoms with van der Waals surface area (Å²) < 4.78 is 4.91. The summed E-state index contributed by atoms with van der Waals surface area (Å²) in [5.74, 6) is 0.833. The lowest BCUT2D eigenvalue weighted by atomic mass is 10.3. The minimum Gasteiger partial charge on any atom is -0.497 e. The predicted octanol–water partition coefficient (Wildman–Crippen LogP) is 2.77. The monoisotopic (exact) mass is 178 g/mol. The molecule has 1 rings (SSSR count). The van der Waals surface area contributed by atoms with E-state index in [4.69, 9.17) is 16.3 Å². The van der Waals surface area contributed by atoms with Gasteiger partial charge in [0.1, 0.15) is 5.75 Å². The van der Waals surface area contributed by atoms with Crippen LogP contribution >= 0.6 is 24.0 Å². The molecular formula is C7H8Cl2O. The Morgan fingerprint density at radius 1 is 1.20 bits per heavy atom. The maximum atomic E-state index is 5.61. The summed E-state index contributed by atoms with van der Waals surface area (Å²) in [6.07, 6.45) is 0. The van der Waals surface area contributed by atoms with Gasteiger partial charge in [-0.25, -0.2) is 0 Å². The molecule has 0 spiro atoms. The van der Waals surface area contributed by atoms with Gasteiger partial charge in [0.15, 0.2) is 0 Å². The Morgan fingerprint density at radius 3 is 2.10 bits per heavy atom. The first-order valence-corrected chi connectivity index (χ1v) is 3.00. The highest BCUT2D eigenvalue weighted by Crippen LogP contribution is 2.14. The average molecular weight is 179 g/mol. The third-order valence-corrected chi connectivity index (χ3v) is 1.30. The van der Waals surface area contributed by atoms with E-state index >= 15 is 0 Å². The molecule has 0 aromatic heterocycles. The van der Waals surface area contributed by atoms with Crippen LogP contribution in [-0.4, -0.2) is 7.11 Å². The lowest BCUT2D eigenvalue weighted by Crippen LogP contribution is -1.79. The minimum absolute atomic E-state index is 0. The Kier molecular flexibility index (Phi) is 4.24. The highest BCUT2D eigenvalue weighted by atomic mass is 35.5. The van der Waals surface area contributed by atoms with Crippen molar-refractivity contribution in [2.45, 2.75) is 0 Å². The van der Waals surface area contributed by atoms with E-state index in [9.17, 15) is 0 Å². The van der Waals surface area contributed by atoms with Gasteiger partial charge in [-0.05, 0) is 24.3 Å². The lowest BCUT2D eigenvalue weighted by molar-refractivity contribution is 0.415. The number of methoxy groups -OCH3 is 1. The second-order valence-corrected chi connectivity index (χ2v) is 2.09. The average Bonchev–Trinajstić information content (AvgIpc) is 1.90. The molecule has 56 valence electrons. The fourth-order valence-electron chi connectivity index (χ4n) is 0.571. The molecule has 0 radical (unpaired) electrons. The van der Waals surface area contributed by atoms with E-state index in [1.54, 1.807) is 19.2 Å². The van der Waals surface area contributed by atoms with Crippen LogP contribution < -0.4 is 4.74 Å². The number of halogens is 2. The summed E-state index contributed by atoms with van der Waals surface area (Å²) >= 11 is 5.61. The molecule has 0 aliphatic heterocycles. The first-order chi connectivity index (χ1) is 4.33. The summed E-state index contributed by atoms with van der Waals surface area (Å²) in [4.78, 5) is 0. The summed E-state index contributed by atoms with van der Waals surface area (Å²) in [5.41, 5.74) is 0. The van der Waals surface area contributed by atoms with Gasteiger partial charge in [-0.15, -0.1) is 12.4 Å². The van der Waals surface area contributed by atoms with E-state index in [2.05, 4.69) is 0 Å². The summed E-state index contributed by atoms with van der Waals surface area (Å²) in [5, 5.41) is 0.732. The molecule has 0 saturated heterocycles. The fourth-order valence-corrected chi connectivity index (χ4v) is 0.697. The van der Waals surface area contributed by atoms with Crippen LogP contribution in [0.3, 0.4) is 0 Å². The Hall–Kier alpha value is -0.400. The fraction of sp³-hybridized carbons (Fsp3) is 0.143. The number of benzene rings is 1. The van der Waals surface area contributed by atoms with E-state index in [-0.39, 0.29) is 12.4 Å². The molecule has 0 heterocycles. The smallest absolute Gasteiger partial charge is 0.118 e. The van der Waals surface area contributed by atoms with Gasteiger partial charge in [0, 0.05) is 5.02 Å². The number of hydrogen-bond donors (Lipinski definition) is 0. The largest absolute Gasteiger partial charge is 0.497 e. The van der Waals surface area contributed by atoms with Crippen molar-refractivity contribution in [2.24, 2.45) is 0 Å². The lowest BCUT2D eigenvalue weighted by Gasteiger charge is -1.96. The number of hydrogen-bond acceptors (Lipinski definition) is 1. The Bertz CT molecular complexity index is 183. The number of ether oxygens (including phenoxy) is 1. The van der Waals surface area contributed by atoms with Gasteiger partial charge in [-0.2, -0.15) is 0 Å². The quantitative estimate of drug-likeness (QED) is 0.643. The number of rotatable bonds is 1. The molecule has 1 nitrogen and oxygen atoms in total. The molecule has 0 fully saturated rings. The van der Waals surface area contributed by atoms with Crippen molar-refractivity contribution in [3.05, 3.63) is 29.3 Å². The van der Waals surface area contributed by atoms with Gasteiger partial charge in [0.05, 0.1) is 7.11 Å². The third kappa shape index (κ3) is 2.46. The Morgan fingerprint density at radius 2 is 1.70 bits per heavy atom. The van der Waals surface area contributed by atoms with Crippen LogP contribution in [0.15, 0.2) is 24.3 Å². The third-order valence-electron chi connectivity index (χ3n) is 1.05. The van der Waals surface area contributed by atoms with E-state index in [0.717, 1.165) is 10.8 Å². The molecule has 10 heavy (non-hydrogen) atoms. The van der Waals surface area contributed by atoms with Gasteiger partial charge in [-0.1, -0.05) is 11.6 Å². The molecule has 0 aliphatic rings. The molecule has 1 aromatic carbocycles. The molecule has 0 saturated carbocycles. The van der Waals surface area contributed by atoms with Crippen molar-refractivity contribution in [1.29, 1.82) is 0 Å². The Balaban J connectivity index is 0.000000810. The normalized spacial score (nSPS) is 8.20. The van der Waals surface area contributed by atoms with Gasteiger partial charge >= 0.3 is 0 Å². The molecule has 0 N–H and O–H groups in total. The highest BCUT2D eigenvalue weighted by molar-refractivity contribution is 6.30. The van der Waals surface area contributed by atoms with Gasteiger partial charge in [0.25, 0.3) is 0 Å². The molecule has 0 aliphatic carbocycles. The second-order valence-electron chi connectivity index (χ2n) is 1.66. The zero-order valence-electron chi connectivity index (χ0n) is 5.50. The van der Waals surface area contributed by atoms with Gasteiger partial charge in [0.2, 0.25) is 0 Å². The van der Waals surface area contributed by atoms with E-state index in [0.29, 0.717) is 0 Å². The summed E-state index contributed by atoms with van der Waals surface area (Å²) in [6.45, 7) is 0. The van der Waals surface area contributed by atoms with Crippen LogP contribution in [0.25, 0.3) is 0 Å². The molecule has 3 heteroatoms. The maximum absolute atomic E-state index is 5.61. The second kappa shape index (κ2) is 4.42. The molecular weight excluding hydrogens is 171 g/mol. The maximum Gasteiger partial charge on any atom is 0.118 e. The van der Waals surface area contributed by atoms with Crippen molar-refractivity contribution in [2.75, 3.05) is 7.11 Å². The summed E-state index contributed by atoms with van der Waals surface area (Å²) in [6, 6.07) is 7.23. The van der Waals surface area contributed by atoms with Crippen LogP contribution in [0.2, 0.25) is 5.02 Å². The van der Waals surface area contributed by atoms with Crippen LogP contribution in [-0.2, 0) is 0 Å². The van der Waals surface area contributed by atoms with Crippen molar-refractivity contribution in [1.82, 2.24) is 0 Å². The van der Waals surface area contributed by atoms with Crippen molar-refractivity contribution >= 4 is 24.0 Å². The molecule has 0 atom stereocenters. The zero-order valence-corrected chi connectivity index (χ0v) is 7.08. The van der Waals surface area contributed by atoms with Crippen LogP contribution in [0.1, 0.15) is 0 Å². The van der Waals surface area contributed by atoms with E-state index in [1.807, 2.05) is 12.1 Å². The molecule has 0 unspecified atom stereocenters. The topological polar surface area (TPSA) is 9.23 Å². The van der Waals surface area contributed by atoms with Crippen LogP contribution in [0.4, 0.5) is 0 Å². The van der Waals surface area contributed by atoms with E-state index in [1.165, 1.54) is 0 Å². The van der Waals surface area contributed by atoms with Crippen molar-refractivity contribution < 1.29 is 4.74 Å².